The first-order chi connectivity index (χ1) is 12.0. The van der Waals surface area contributed by atoms with E-state index in [1.165, 1.54) is 36.7 Å². The molecular formula is C18H14N2O4S. The average Bonchev–Trinajstić information content (AvgIpc) is 3.11. The molecule has 0 spiro atoms. The van der Waals surface area contributed by atoms with E-state index < -0.39 is 16.0 Å². The minimum atomic E-state index is -3.74. The monoisotopic (exact) mass is 354 g/mol. The number of hydrogen-bond donors (Lipinski definition) is 1. The molecule has 0 fully saturated rings. The van der Waals surface area contributed by atoms with Gasteiger partial charge < -0.3 is 5.11 Å². The lowest BCUT2D eigenvalue weighted by Crippen LogP contribution is -2.10. The van der Waals surface area contributed by atoms with Gasteiger partial charge in [0.2, 0.25) is 0 Å². The molecular weight excluding hydrogens is 340 g/mol. The molecule has 3 aromatic rings. The molecule has 0 aliphatic rings. The van der Waals surface area contributed by atoms with E-state index >= 15 is 0 Å². The third-order valence-electron chi connectivity index (χ3n) is 3.50. The molecule has 0 bridgehead atoms. The Bertz CT molecular complexity index is 1020. The molecule has 2 heterocycles. The third-order valence-corrected chi connectivity index (χ3v) is 5.15. The maximum Gasteiger partial charge on any atom is 0.328 e. The molecule has 1 aromatic carbocycles. The SMILES string of the molecule is O=C(O)/C=C/c1ccn(S(=O)(=O)c2ccc(-c3ccccn3)cc2)c1. The van der Waals surface area contributed by atoms with Gasteiger partial charge in [0.25, 0.3) is 10.0 Å². The van der Waals surface area contributed by atoms with Crippen molar-refractivity contribution in [1.29, 1.82) is 0 Å². The van der Waals surface area contributed by atoms with Crippen LogP contribution in [0.2, 0.25) is 0 Å². The zero-order valence-electron chi connectivity index (χ0n) is 13.0. The number of aliphatic carboxylic acids is 1. The highest BCUT2D eigenvalue weighted by Crippen LogP contribution is 2.21. The lowest BCUT2D eigenvalue weighted by molar-refractivity contribution is -0.131. The van der Waals surface area contributed by atoms with Crippen LogP contribution in [-0.2, 0) is 14.8 Å². The van der Waals surface area contributed by atoms with Crippen molar-refractivity contribution in [2.45, 2.75) is 4.90 Å². The van der Waals surface area contributed by atoms with Crippen LogP contribution in [0.4, 0.5) is 0 Å². The number of nitrogens with zero attached hydrogens (tertiary/aromatic N) is 2. The fourth-order valence-corrected chi connectivity index (χ4v) is 3.47. The standard InChI is InChI=1S/C18H14N2O4S/c21-18(22)9-4-14-10-12-20(13-14)25(23,24)16-7-5-15(6-8-16)17-3-1-2-11-19-17/h1-13H,(H,21,22)/b9-4+. The van der Waals surface area contributed by atoms with Gasteiger partial charge in [0, 0.05) is 30.2 Å². The van der Waals surface area contributed by atoms with Gasteiger partial charge in [0.1, 0.15) is 0 Å². The van der Waals surface area contributed by atoms with Gasteiger partial charge in [0.05, 0.1) is 10.6 Å². The molecule has 0 atom stereocenters. The molecule has 0 unspecified atom stereocenters. The van der Waals surface area contributed by atoms with Crippen LogP contribution in [0, 0.1) is 0 Å². The number of pyridine rings is 1. The predicted molar refractivity (Wildman–Crippen MR) is 93.4 cm³/mol. The van der Waals surface area contributed by atoms with Crippen molar-refractivity contribution >= 4 is 22.1 Å². The van der Waals surface area contributed by atoms with E-state index in [1.807, 2.05) is 18.2 Å². The molecule has 0 saturated carbocycles. The molecule has 6 nitrogen and oxygen atoms in total. The van der Waals surface area contributed by atoms with Gasteiger partial charge in [-0.3, -0.25) is 4.98 Å². The fraction of sp³-hybridized carbons (Fsp3) is 0. The van der Waals surface area contributed by atoms with Gasteiger partial charge in [-0.2, -0.15) is 0 Å². The van der Waals surface area contributed by atoms with Gasteiger partial charge in [-0.1, -0.05) is 18.2 Å². The summed E-state index contributed by atoms with van der Waals surface area (Å²) in [6.45, 7) is 0. The van der Waals surface area contributed by atoms with E-state index in [4.69, 9.17) is 5.11 Å². The number of hydrogen-bond acceptors (Lipinski definition) is 4. The van der Waals surface area contributed by atoms with E-state index in [2.05, 4.69) is 4.98 Å². The maximum atomic E-state index is 12.6. The van der Waals surface area contributed by atoms with Crippen LogP contribution >= 0.6 is 0 Å². The number of aromatic nitrogens is 2. The average molecular weight is 354 g/mol. The molecule has 0 aliphatic carbocycles. The van der Waals surface area contributed by atoms with Gasteiger partial charge >= 0.3 is 5.97 Å². The first-order valence-corrected chi connectivity index (χ1v) is 8.77. The zero-order chi connectivity index (χ0) is 17.9. The molecule has 25 heavy (non-hydrogen) atoms. The fourth-order valence-electron chi connectivity index (χ4n) is 2.26. The summed E-state index contributed by atoms with van der Waals surface area (Å²) >= 11 is 0. The minimum Gasteiger partial charge on any atom is -0.478 e. The summed E-state index contributed by atoms with van der Waals surface area (Å²) in [6.07, 6.45) is 6.70. The molecule has 0 amide bonds. The van der Waals surface area contributed by atoms with Crippen molar-refractivity contribution < 1.29 is 18.3 Å². The Morgan fingerprint density at radius 2 is 1.84 bits per heavy atom. The van der Waals surface area contributed by atoms with Crippen molar-refractivity contribution in [1.82, 2.24) is 8.96 Å². The molecule has 126 valence electrons. The summed E-state index contributed by atoms with van der Waals surface area (Å²) in [5.41, 5.74) is 2.06. The van der Waals surface area contributed by atoms with Gasteiger partial charge in [0.15, 0.2) is 0 Å². The molecule has 0 radical (unpaired) electrons. The first kappa shape index (κ1) is 16.7. The largest absolute Gasteiger partial charge is 0.478 e. The van der Waals surface area contributed by atoms with Gasteiger partial charge in [-0.05, 0) is 42.0 Å². The highest BCUT2D eigenvalue weighted by atomic mass is 32.2. The second-order valence-corrected chi connectivity index (χ2v) is 7.03. The summed E-state index contributed by atoms with van der Waals surface area (Å²) in [5, 5.41) is 8.62. The van der Waals surface area contributed by atoms with Crippen LogP contribution in [0.1, 0.15) is 5.56 Å². The van der Waals surface area contributed by atoms with Crippen LogP contribution < -0.4 is 0 Å². The summed E-state index contributed by atoms with van der Waals surface area (Å²) in [5.74, 6) is -1.10. The number of rotatable bonds is 5. The zero-order valence-corrected chi connectivity index (χ0v) is 13.8. The lowest BCUT2D eigenvalue weighted by atomic mass is 10.1. The molecule has 0 aliphatic heterocycles. The third kappa shape index (κ3) is 3.67. The quantitative estimate of drug-likeness (QED) is 0.712. The molecule has 1 N–H and O–H groups in total. The highest BCUT2D eigenvalue weighted by molar-refractivity contribution is 7.90. The van der Waals surface area contributed by atoms with Gasteiger partial charge in [-0.15, -0.1) is 0 Å². The van der Waals surface area contributed by atoms with E-state index in [1.54, 1.807) is 18.3 Å². The van der Waals surface area contributed by atoms with Crippen molar-refractivity contribution in [2.24, 2.45) is 0 Å². The molecule has 2 aromatic heterocycles. The Morgan fingerprint density at radius 1 is 1.08 bits per heavy atom. The molecule has 0 saturated heterocycles. The number of carboxylic acid groups (broad SMARTS) is 1. The summed E-state index contributed by atoms with van der Waals surface area (Å²) in [4.78, 5) is 14.9. The molecule has 7 heteroatoms. The summed E-state index contributed by atoms with van der Waals surface area (Å²) < 4.78 is 26.3. The van der Waals surface area contributed by atoms with E-state index in [0.717, 1.165) is 21.3 Å². The lowest BCUT2D eigenvalue weighted by Gasteiger charge is -2.07. The first-order valence-electron chi connectivity index (χ1n) is 7.33. The molecule has 3 rings (SSSR count). The second kappa shape index (κ2) is 6.74. The van der Waals surface area contributed by atoms with Crippen LogP contribution in [0.25, 0.3) is 17.3 Å². The summed E-state index contributed by atoms with van der Waals surface area (Å²) in [7, 11) is -3.74. The Hall–Kier alpha value is -3.19. The van der Waals surface area contributed by atoms with Crippen molar-refractivity contribution in [2.75, 3.05) is 0 Å². The van der Waals surface area contributed by atoms with Crippen molar-refractivity contribution in [3.8, 4) is 11.3 Å². The second-order valence-electron chi connectivity index (χ2n) is 5.19. The highest BCUT2D eigenvalue weighted by Gasteiger charge is 2.16. The Kier molecular flexibility index (Phi) is 4.49. The van der Waals surface area contributed by atoms with E-state index in [9.17, 15) is 13.2 Å². The van der Waals surface area contributed by atoms with Crippen LogP contribution in [-0.4, -0.2) is 28.5 Å². The predicted octanol–water partition coefficient (Wildman–Crippen LogP) is 2.88. The van der Waals surface area contributed by atoms with Crippen molar-refractivity contribution in [3.63, 3.8) is 0 Å². The van der Waals surface area contributed by atoms with Crippen LogP contribution in [0.5, 0.6) is 0 Å². The van der Waals surface area contributed by atoms with E-state index in [0.29, 0.717) is 5.56 Å². The Balaban J connectivity index is 1.89. The Morgan fingerprint density at radius 3 is 2.48 bits per heavy atom. The van der Waals surface area contributed by atoms with Crippen LogP contribution in [0.3, 0.4) is 0 Å². The van der Waals surface area contributed by atoms with Crippen molar-refractivity contribution in [3.05, 3.63) is 78.8 Å². The minimum absolute atomic E-state index is 0.136. The van der Waals surface area contributed by atoms with Crippen LogP contribution in [0.15, 0.2) is 78.1 Å². The topological polar surface area (TPSA) is 89.3 Å². The van der Waals surface area contributed by atoms with Gasteiger partial charge in [-0.25, -0.2) is 17.2 Å². The normalized spacial score (nSPS) is 11.7. The number of carboxylic acids is 1. The smallest absolute Gasteiger partial charge is 0.328 e. The maximum absolute atomic E-state index is 12.6. The van der Waals surface area contributed by atoms with E-state index in [-0.39, 0.29) is 4.90 Å². The Labute approximate surface area is 144 Å². The summed E-state index contributed by atoms with van der Waals surface area (Å²) in [6, 6.07) is 13.5. The number of carbonyl (C=O) groups is 1. The number of benzene rings is 1.